The van der Waals surface area contributed by atoms with Crippen molar-refractivity contribution in [1.29, 1.82) is 0 Å². The summed E-state index contributed by atoms with van der Waals surface area (Å²) >= 11 is 3.43. The lowest BCUT2D eigenvalue weighted by Crippen LogP contribution is -2.08. The number of para-hydroxylation sites is 1. The monoisotopic (exact) mass is 354 g/mol. The van der Waals surface area contributed by atoms with Crippen LogP contribution in [0, 0.1) is 4.91 Å². The molecule has 0 saturated heterocycles. The number of aromatic amines is 1. The molecule has 0 spiro atoms. The lowest BCUT2D eigenvalue weighted by Gasteiger charge is -2.09. The SMILES string of the molecule is O=Nc1c(C2C(=O)Cc3cc(Br)ccc32)[nH]c2ccccc12. The summed E-state index contributed by atoms with van der Waals surface area (Å²) in [5.41, 5.74) is 3.71. The van der Waals surface area contributed by atoms with E-state index in [4.69, 9.17) is 0 Å². The molecule has 108 valence electrons. The van der Waals surface area contributed by atoms with Gasteiger partial charge in [-0.15, -0.1) is 4.91 Å². The number of ketones is 1. The Morgan fingerprint density at radius 2 is 2.00 bits per heavy atom. The van der Waals surface area contributed by atoms with Crippen molar-refractivity contribution < 1.29 is 4.79 Å². The Bertz CT molecular complexity index is 930. The number of nitroso groups, excluding NO2 is 1. The predicted molar refractivity (Wildman–Crippen MR) is 88.4 cm³/mol. The van der Waals surface area contributed by atoms with E-state index in [0.717, 1.165) is 26.5 Å². The molecule has 0 fully saturated rings. The van der Waals surface area contributed by atoms with Crippen LogP contribution in [0.5, 0.6) is 0 Å². The van der Waals surface area contributed by atoms with E-state index in [0.29, 0.717) is 17.8 Å². The average Bonchev–Trinajstić information content (AvgIpc) is 3.02. The first-order valence-electron chi connectivity index (χ1n) is 6.94. The Balaban J connectivity index is 1.96. The first-order valence-corrected chi connectivity index (χ1v) is 7.73. The molecule has 1 N–H and O–H groups in total. The van der Waals surface area contributed by atoms with Gasteiger partial charge in [-0.1, -0.05) is 40.2 Å². The van der Waals surface area contributed by atoms with Gasteiger partial charge in [0.25, 0.3) is 0 Å². The number of Topliss-reactive ketones (excluding diaryl/α,β-unsaturated/α-hetero) is 1. The number of nitrogens with zero attached hydrogens (tertiary/aromatic N) is 1. The summed E-state index contributed by atoms with van der Waals surface area (Å²) in [5.74, 6) is -0.354. The molecule has 0 radical (unpaired) electrons. The maximum Gasteiger partial charge on any atom is 0.150 e. The summed E-state index contributed by atoms with van der Waals surface area (Å²) in [6.07, 6.45) is 0.382. The zero-order chi connectivity index (χ0) is 15.3. The Kier molecular flexibility index (Phi) is 2.97. The molecular formula is C17H11BrN2O2. The Morgan fingerprint density at radius 1 is 1.18 bits per heavy atom. The highest BCUT2D eigenvalue weighted by molar-refractivity contribution is 9.10. The number of hydrogen-bond donors (Lipinski definition) is 1. The molecule has 22 heavy (non-hydrogen) atoms. The second-order valence-electron chi connectivity index (χ2n) is 5.44. The number of carbonyl (C=O) groups excluding carboxylic acids is 1. The van der Waals surface area contributed by atoms with E-state index in [1.165, 1.54) is 0 Å². The molecule has 1 aliphatic rings. The summed E-state index contributed by atoms with van der Waals surface area (Å²) in [6.45, 7) is 0. The van der Waals surface area contributed by atoms with Gasteiger partial charge in [-0.25, -0.2) is 0 Å². The minimum absolute atomic E-state index is 0.0876. The van der Waals surface area contributed by atoms with Gasteiger partial charge in [0.05, 0.1) is 11.6 Å². The highest BCUT2D eigenvalue weighted by atomic mass is 79.9. The maximum absolute atomic E-state index is 12.5. The van der Waals surface area contributed by atoms with Crippen molar-refractivity contribution in [2.75, 3.05) is 0 Å². The third-order valence-corrected chi connectivity index (χ3v) is 4.68. The predicted octanol–water partition coefficient (Wildman–Crippen LogP) is 4.59. The van der Waals surface area contributed by atoms with Crippen LogP contribution in [0.1, 0.15) is 22.7 Å². The number of carbonyl (C=O) groups is 1. The highest BCUT2D eigenvalue weighted by Gasteiger charge is 2.35. The molecule has 1 aromatic heterocycles. The smallest absolute Gasteiger partial charge is 0.150 e. The molecule has 0 saturated carbocycles. The molecule has 4 nitrogen and oxygen atoms in total. The largest absolute Gasteiger partial charge is 0.356 e. The Morgan fingerprint density at radius 3 is 2.82 bits per heavy atom. The van der Waals surface area contributed by atoms with E-state index >= 15 is 0 Å². The van der Waals surface area contributed by atoms with Gasteiger partial charge < -0.3 is 4.98 Å². The van der Waals surface area contributed by atoms with Gasteiger partial charge in [0.2, 0.25) is 0 Å². The summed E-state index contributed by atoms with van der Waals surface area (Å²) in [4.78, 5) is 27.1. The van der Waals surface area contributed by atoms with Crippen LogP contribution in [0.2, 0.25) is 0 Å². The second kappa shape index (κ2) is 4.88. The molecule has 3 aromatic rings. The zero-order valence-electron chi connectivity index (χ0n) is 11.5. The molecule has 1 atom stereocenters. The number of H-pyrrole nitrogens is 1. The van der Waals surface area contributed by atoms with Crippen molar-refractivity contribution >= 4 is 38.3 Å². The average molecular weight is 355 g/mol. The quantitative estimate of drug-likeness (QED) is 0.684. The van der Waals surface area contributed by atoms with Crippen LogP contribution in [0.4, 0.5) is 5.69 Å². The fourth-order valence-corrected chi connectivity index (χ4v) is 3.65. The molecule has 5 heteroatoms. The number of benzene rings is 2. The van der Waals surface area contributed by atoms with Gasteiger partial charge >= 0.3 is 0 Å². The lowest BCUT2D eigenvalue weighted by atomic mass is 9.96. The number of halogens is 1. The van der Waals surface area contributed by atoms with E-state index in [1.807, 2.05) is 42.5 Å². The number of rotatable bonds is 2. The molecule has 0 bridgehead atoms. The van der Waals surface area contributed by atoms with Gasteiger partial charge in [0.1, 0.15) is 5.69 Å². The van der Waals surface area contributed by atoms with Crippen molar-refractivity contribution in [3.63, 3.8) is 0 Å². The standard InChI is InChI=1S/C17H11BrN2O2/c18-10-5-6-11-9(7-10)8-14(21)15(11)17-16(20-22)12-3-1-2-4-13(12)19-17/h1-7,15,19H,8H2. The minimum Gasteiger partial charge on any atom is -0.356 e. The normalized spacial score (nSPS) is 17.0. The fourth-order valence-electron chi connectivity index (χ4n) is 3.24. The van der Waals surface area contributed by atoms with Gasteiger partial charge in [-0.3, -0.25) is 4.79 Å². The van der Waals surface area contributed by atoms with Crippen LogP contribution in [-0.2, 0) is 11.2 Å². The van der Waals surface area contributed by atoms with Crippen molar-refractivity contribution in [1.82, 2.24) is 4.98 Å². The van der Waals surface area contributed by atoms with Crippen LogP contribution in [0.3, 0.4) is 0 Å². The molecule has 1 unspecified atom stereocenters. The maximum atomic E-state index is 12.5. The summed E-state index contributed by atoms with van der Waals surface area (Å²) in [5, 5.41) is 3.94. The van der Waals surface area contributed by atoms with Gasteiger partial charge in [0.15, 0.2) is 5.78 Å². The summed E-state index contributed by atoms with van der Waals surface area (Å²) in [7, 11) is 0. The van der Waals surface area contributed by atoms with Crippen molar-refractivity contribution in [3.8, 4) is 0 Å². The van der Waals surface area contributed by atoms with Gasteiger partial charge in [-0.2, -0.15) is 0 Å². The summed E-state index contributed by atoms with van der Waals surface area (Å²) < 4.78 is 0.949. The topological polar surface area (TPSA) is 62.3 Å². The van der Waals surface area contributed by atoms with Crippen molar-refractivity contribution in [3.05, 3.63) is 68.7 Å². The van der Waals surface area contributed by atoms with Crippen LogP contribution in [-0.4, -0.2) is 10.8 Å². The molecule has 1 heterocycles. The lowest BCUT2D eigenvalue weighted by molar-refractivity contribution is -0.118. The van der Waals surface area contributed by atoms with Crippen LogP contribution in [0.15, 0.2) is 52.1 Å². The third kappa shape index (κ3) is 1.85. The molecule has 4 rings (SSSR count). The molecule has 1 aliphatic carbocycles. The van der Waals surface area contributed by atoms with E-state index in [1.54, 1.807) is 0 Å². The van der Waals surface area contributed by atoms with Gasteiger partial charge in [-0.05, 0) is 34.5 Å². The van der Waals surface area contributed by atoms with Crippen LogP contribution >= 0.6 is 15.9 Å². The van der Waals surface area contributed by atoms with E-state index in [2.05, 4.69) is 26.1 Å². The Hall–Kier alpha value is -2.27. The van der Waals surface area contributed by atoms with Gasteiger partial charge in [0, 0.05) is 21.8 Å². The number of nitrogens with one attached hydrogen (secondary N) is 1. The van der Waals surface area contributed by atoms with E-state index in [-0.39, 0.29) is 5.78 Å². The Labute approximate surface area is 134 Å². The first kappa shape index (κ1) is 13.4. The fraction of sp³-hybridized carbons (Fsp3) is 0.118. The summed E-state index contributed by atoms with van der Waals surface area (Å²) in [6, 6.07) is 13.3. The van der Waals surface area contributed by atoms with Crippen LogP contribution < -0.4 is 0 Å². The minimum atomic E-state index is -0.441. The zero-order valence-corrected chi connectivity index (χ0v) is 13.1. The molecule has 0 amide bonds. The van der Waals surface area contributed by atoms with Crippen molar-refractivity contribution in [2.45, 2.75) is 12.3 Å². The highest BCUT2D eigenvalue weighted by Crippen LogP contribution is 2.43. The molecule has 0 aliphatic heterocycles. The van der Waals surface area contributed by atoms with E-state index < -0.39 is 5.92 Å². The van der Waals surface area contributed by atoms with E-state index in [9.17, 15) is 9.70 Å². The van der Waals surface area contributed by atoms with Crippen LogP contribution in [0.25, 0.3) is 10.9 Å². The molecule has 2 aromatic carbocycles. The number of fused-ring (bicyclic) bond motifs is 2. The molecular weight excluding hydrogens is 344 g/mol. The number of hydrogen-bond acceptors (Lipinski definition) is 3. The number of aromatic nitrogens is 1. The second-order valence-corrected chi connectivity index (χ2v) is 6.36. The third-order valence-electron chi connectivity index (χ3n) is 4.19. The van der Waals surface area contributed by atoms with Crippen molar-refractivity contribution in [2.24, 2.45) is 5.18 Å². The first-order chi connectivity index (χ1) is 10.7.